The summed E-state index contributed by atoms with van der Waals surface area (Å²) in [6.45, 7) is 2.45. The molecule has 2 aromatic rings. The molecule has 0 saturated carbocycles. The number of rotatable bonds is 3. The van der Waals surface area contributed by atoms with Gasteiger partial charge in [0.25, 0.3) is 0 Å². The van der Waals surface area contributed by atoms with Gasteiger partial charge in [0.1, 0.15) is 5.82 Å². The molecule has 0 atom stereocenters. The van der Waals surface area contributed by atoms with Crippen LogP contribution in [0.1, 0.15) is 16.7 Å². The lowest BCUT2D eigenvalue weighted by atomic mass is 10.2. The number of alkyl halides is 3. The Bertz CT molecular complexity index is 581. The van der Waals surface area contributed by atoms with Crippen molar-refractivity contribution >= 4 is 28.8 Å². The number of halogens is 4. The van der Waals surface area contributed by atoms with Crippen molar-refractivity contribution in [1.29, 1.82) is 0 Å². The van der Waals surface area contributed by atoms with E-state index in [2.05, 4.69) is 10.3 Å². The first-order chi connectivity index (χ1) is 8.88. The van der Waals surface area contributed by atoms with Crippen molar-refractivity contribution in [3.8, 4) is 0 Å². The second-order valence-corrected chi connectivity index (χ2v) is 5.14. The van der Waals surface area contributed by atoms with E-state index >= 15 is 0 Å². The fourth-order valence-corrected chi connectivity index (χ4v) is 2.56. The maximum Gasteiger partial charge on any atom is 0.417 e. The summed E-state index contributed by atoms with van der Waals surface area (Å²) in [5, 5.41) is 6.86. The van der Waals surface area contributed by atoms with Crippen LogP contribution in [0.2, 0.25) is 5.02 Å². The number of nitrogens with zero attached hydrogens (tertiary/aromatic N) is 1. The number of nitrogens with one attached hydrogen (secondary N) is 1. The molecule has 2 aromatic heterocycles. The lowest BCUT2D eigenvalue weighted by Crippen LogP contribution is -2.08. The highest BCUT2D eigenvalue weighted by Crippen LogP contribution is 2.32. The lowest BCUT2D eigenvalue weighted by Gasteiger charge is -2.10. The van der Waals surface area contributed by atoms with E-state index in [0.29, 0.717) is 6.54 Å². The van der Waals surface area contributed by atoms with Crippen molar-refractivity contribution in [2.75, 3.05) is 5.32 Å². The number of aromatic nitrogens is 1. The van der Waals surface area contributed by atoms with E-state index < -0.39 is 11.7 Å². The van der Waals surface area contributed by atoms with Gasteiger partial charge in [0.05, 0.1) is 10.6 Å². The molecule has 2 heterocycles. The van der Waals surface area contributed by atoms with Crippen molar-refractivity contribution in [3.05, 3.63) is 44.7 Å². The Labute approximate surface area is 117 Å². The van der Waals surface area contributed by atoms with Crippen molar-refractivity contribution < 1.29 is 13.2 Å². The maximum atomic E-state index is 12.4. The van der Waals surface area contributed by atoms with Crippen LogP contribution in [0.5, 0.6) is 0 Å². The van der Waals surface area contributed by atoms with E-state index in [1.165, 1.54) is 0 Å². The van der Waals surface area contributed by atoms with Crippen LogP contribution >= 0.6 is 22.9 Å². The minimum absolute atomic E-state index is 0.0392. The summed E-state index contributed by atoms with van der Waals surface area (Å²) in [5.74, 6) is 0.250. The molecule has 0 spiro atoms. The van der Waals surface area contributed by atoms with Crippen LogP contribution in [0.25, 0.3) is 0 Å². The van der Waals surface area contributed by atoms with Crippen molar-refractivity contribution in [1.82, 2.24) is 4.98 Å². The molecule has 0 fully saturated rings. The van der Waals surface area contributed by atoms with Crippen LogP contribution in [0.3, 0.4) is 0 Å². The molecule has 1 N–H and O–H groups in total. The van der Waals surface area contributed by atoms with E-state index in [1.54, 1.807) is 11.3 Å². The van der Waals surface area contributed by atoms with Gasteiger partial charge in [0.2, 0.25) is 0 Å². The Balaban J connectivity index is 2.12. The second kappa shape index (κ2) is 5.38. The van der Waals surface area contributed by atoms with Gasteiger partial charge in [-0.15, -0.1) is 0 Å². The molecule has 0 aromatic carbocycles. The Morgan fingerprint density at radius 3 is 2.63 bits per heavy atom. The van der Waals surface area contributed by atoms with Gasteiger partial charge in [-0.05, 0) is 34.9 Å². The van der Waals surface area contributed by atoms with Gasteiger partial charge in [0, 0.05) is 12.7 Å². The summed E-state index contributed by atoms with van der Waals surface area (Å²) in [6, 6.07) is 0.872. The molecule has 0 bridgehead atoms. The molecule has 0 aliphatic carbocycles. The zero-order valence-corrected chi connectivity index (χ0v) is 11.5. The molecule has 0 aliphatic rings. The zero-order valence-electron chi connectivity index (χ0n) is 9.88. The minimum atomic E-state index is -4.43. The van der Waals surface area contributed by atoms with E-state index in [-0.39, 0.29) is 10.8 Å². The highest BCUT2D eigenvalue weighted by molar-refractivity contribution is 7.08. The van der Waals surface area contributed by atoms with Gasteiger partial charge < -0.3 is 5.32 Å². The van der Waals surface area contributed by atoms with Crippen LogP contribution in [0.15, 0.2) is 23.0 Å². The molecule has 0 unspecified atom stereocenters. The summed E-state index contributed by atoms with van der Waals surface area (Å²) in [7, 11) is 0. The average Bonchev–Trinajstić information content (AvgIpc) is 2.72. The predicted molar refractivity (Wildman–Crippen MR) is 70.6 cm³/mol. The van der Waals surface area contributed by atoms with Crippen LogP contribution in [0.4, 0.5) is 19.0 Å². The summed E-state index contributed by atoms with van der Waals surface area (Å²) in [4.78, 5) is 3.71. The average molecular weight is 307 g/mol. The van der Waals surface area contributed by atoms with Crippen molar-refractivity contribution in [2.45, 2.75) is 19.6 Å². The van der Waals surface area contributed by atoms with E-state index in [9.17, 15) is 13.2 Å². The van der Waals surface area contributed by atoms with Gasteiger partial charge >= 0.3 is 6.18 Å². The summed E-state index contributed by atoms with van der Waals surface area (Å²) >= 11 is 7.36. The molecular weight excluding hydrogens is 297 g/mol. The first kappa shape index (κ1) is 14.1. The highest BCUT2D eigenvalue weighted by Gasteiger charge is 2.31. The van der Waals surface area contributed by atoms with Gasteiger partial charge in [-0.25, -0.2) is 4.98 Å². The molecular formula is C12H10ClF3N2S. The third-order valence-corrected chi connectivity index (χ3v) is 3.77. The number of anilines is 1. The molecule has 7 heteroatoms. The molecule has 0 amide bonds. The fraction of sp³-hybridized carbons (Fsp3) is 0.250. The van der Waals surface area contributed by atoms with Crippen LogP contribution < -0.4 is 5.32 Å². The van der Waals surface area contributed by atoms with Crippen LogP contribution in [-0.2, 0) is 12.7 Å². The first-order valence-corrected chi connectivity index (χ1v) is 6.68. The van der Waals surface area contributed by atoms with E-state index in [4.69, 9.17) is 11.6 Å². The van der Waals surface area contributed by atoms with Crippen molar-refractivity contribution in [3.63, 3.8) is 0 Å². The van der Waals surface area contributed by atoms with Gasteiger partial charge in [0.15, 0.2) is 0 Å². The third-order valence-electron chi connectivity index (χ3n) is 2.58. The molecule has 102 valence electrons. The molecule has 19 heavy (non-hydrogen) atoms. The minimum Gasteiger partial charge on any atom is -0.365 e. The summed E-state index contributed by atoms with van der Waals surface area (Å²) in [5.41, 5.74) is 1.35. The lowest BCUT2D eigenvalue weighted by molar-refractivity contribution is -0.137. The molecule has 0 radical (unpaired) electrons. The largest absolute Gasteiger partial charge is 0.417 e. The van der Waals surface area contributed by atoms with Gasteiger partial charge in [-0.1, -0.05) is 11.6 Å². The number of hydrogen-bond acceptors (Lipinski definition) is 3. The molecule has 2 rings (SSSR count). The van der Waals surface area contributed by atoms with Gasteiger partial charge in [-0.3, -0.25) is 0 Å². The van der Waals surface area contributed by atoms with E-state index in [0.717, 1.165) is 23.4 Å². The summed E-state index contributed by atoms with van der Waals surface area (Å²) < 4.78 is 37.3. The molecule has 2 nitrogen and oxygen atoms in total. The van der Waals surface area contributed by atoms with E-state index in [1.807, 2.05) is 17.7 Å². The third kappa shape index (κ3) is 3.39. The number of pyridine rings is 1. The Hall–Kier alpha value is -1.27. The molecule has 0 aliphatic heterocycles. The molecule has 0 saturated heterocycles. The number of aryl methyl sites for hydroxylation is 1. The highest BCUT2D eigenvalue weighted by atomic mass is 35.5. The number of hydrogen-bond donors (Lipinski definition) is 1. The smallest absolute Gasteiger partial charge is 0.365 e. The zero-order chi connectivity index (χ0) is 14.0. The fourth-order valence-electron chi connectivity index (χ4n) is 1.47. The Morgan fingerprint density at radius 1 is 1.37 bits per heavy atom. The Morgan fingerprint density at radius 2 is 2.11 bits per heavy atom. The summed E-state index contributed by atoms with van der Waals surface area (Å²) in [6.07, 6.45) is -3.66. The van der Waals surface area contributed by atoms with Crippen LogP contribution in [-0.4, -0.2) is 4.98 Å². The standard InChI is InChI=1S/C12H10ClF3N2S/c1-7-5-19-6-8(7)3-17-11-10(13)2-9(4-18-11)12(14,15)16/h2,4-6H,3H2,1H3,(H,17,18). The van der Waals surface area contributed by atoms with Crippen LogP contribution in [0, 0.1) is 6.92 Å². The quantitative estimate of drug-likeness (QED) is 0.886. The Kier molecular flexibility index (Phi) is 4.01. The van der Waals surface area contributed by atoms with Crippen molar-refractivity contribution in [2.24, 2.45) is 0 Å². The monoisotopic (exact) mass is 306 g/mol. The SMILES string of the molecule is Cc1cscc1CNc1ncc(C(F)(F)F)cc1Cl. The van der Waals surface area contributed by atoms with Gasteiger partial charge in [-0.2, -0.15) is 24.5 Å². The predicted octanol–water partition coefficient (Wildman–Crippen LogP) is 4.74. The maximum absolute atomic E-state index is 12.4. The number of thiophene rings is 1. The second-order valence-electron chi connectivity index (χ2n) is 3.99. The normalized spacial score (nSPS) is 11.6. The first-order valence-electron chi connectivity index (χ1n) is 5.36. The topological polar surface area (TPSA) is 24.9 Å².